The molecule has 2 N–H and O–H groups in total. The highest BCUT2D eigenvalue weighted by Gasteiger charge is 2.49. The van der Waals surface area contributed by atoms with Gasteiger partial charge in [0.25, 0.3) is 0 Å². The fourth-order valence-corrected chi connectivity index (χ4v) is 2.71. The predicted molar refractivity (Wildman–Crippen MR) is 77.0 cm³/mol. The van der Waals surface area contributed by atoms with Crippen LogP contribution < -0.4 is 0 Å². The molecule has 0 aromatic carbocycles. The van der Waals surface area contributed by atoms with Crippen LogP contribution in [0, 0.1) is 11.3 Å². The van der Waals surface area contributed by atoms with Crippen LogP contribution in [0.25, 0.3) is 0 Å². The van der Waals surface area contributed by atoms with E-state index in [1.165, 1.54) is 4.90 Å². The summed E-state index contributed by atoms with van der Waals surface area (Å²) in [5.74, 6) is -0.892. The number of aliphatic hydroxyl groups excluding tert-OH is 1. The van der Waals surface area contributed by atoms with Gasteiger partial charge in [0.05, 0.1) is 18.6 Å². The number of carbonyl (C=O) groups excluding carboxylic acids is 1. The summed E-state index contributed by atoms with van der Waals surface area (Å²) in [4.78, 5) is 27.1. The highest BCUT2D eigenvalue weighted by atomic mass is 16.5. The molecule has 1 fully saturated rings. The first kappa shape index (κ1) is 17.7. The maximum absolute atomic E-state index is 12.5. The van der Waals surface area contributed by atoms with Crippen molar-refractivity contribution in [3.63, 3.8) is 0 Å². The van der Waals surface area contributed by atoms with Gasteiger partial charge in [-0.25, -0.2) is 4.79 Å². The third-order valence-corrected chi connectivity index (χ3v) is 4.31. The number of carboxylic acids is 1. The van der Waals surface area contributed by atoms with Crippen molar-refractivity contribution in [2.24, 2.45) is 11.3 Å². The summed E-state index contributed by atoms with van der Waals surface area (Å²) >= 11 is 0. The molecule has 0 saturated carbocycles. The molecule has 0 aliphatic carbocycles. The molecule has 1 heterocycles. The standard InChI is InChI=1S/C14H26N2O5/c1-11(2)14(12(18)19)4-5-16(10-14)13(20)15(6-8-17)7-9-21-3/h11,17H,4-10H2,1-3H3,(H,18,19). The topological polar surface area (TPSA) is 90.3 Å². The molecule has 0 aromatic rings. The molecule has 1 saturated heterocycles. The van der Waals surface area contributed by atoms with Crippen LogP contribution in [0.3, 0.4) is 0 Å². The van der Waals surface area contributed by atoms with Gasteiger partial charge in [0, 0.05) is 33.3 Å². The Balaban J connectivity index is 2.77. The lowest BCUT2D eigenvalue weighted by atomic mass is 9.76. The summed E-state index contributed by atoms with van der Waals surface area (Å²) < 4.78 is 4.96. The molecular formula is C14H26N2O5. The first-order chi connectivity index (χ1) is 9.89. The minimum atomic E-state index is -0.873. The molecule has 21 heavy (non-hydrogen) atoms. The summed E-state index contributed by atoms with van der Waals surface area (Å²) in [5, 5.41) is 18.6. The molecule has 1 rings (SSSR count). The van der Waals surface area contributed by atoms with Crippen molar-refractivity contribution in [2.75, 3.05) is 46.5 Å². The Morgan fingerprint density at radius 3 is 2.48 bits per heavy atom. The Kier molecular flexibility index (Phi) is 6.42. The lowest BCUT2D eigenvalue weighted by molar-refractivity contribution is -0.150. The van der Waals surface area contributed by atoms with Gasteiger partial charge in [-0.3, -0.25) is 4.79 Å². The van der Waals surface area contributed by atoms with Crippen molar-refractivity contribution in [1.82, 2.24) is 9.80 Å². The number of hydrogen-bond acceptors (Lipinski definition) is 4. The number of amides is 2. The van der Waals surface area contributed by atoms with Gasteiger partial charge in [-0.15, -0.1) is 0 Å². The van der Waals surface area contributed by atoms with Crippen molar-refractivity contribution in [3.05, 3.63) is 0 Å². The zero-order valence-electron chi connectivity index (χ0n) is 13.0. The molecule has 1 atom stereocenters. The Bertz CT molecular complexity index is 374. The lowest BCUT2D eigenvalue weighted by Crippen LogP contribution is -2.47. The maximum atomic E-state index is 12.5. The molecular weight excluding hydrogens is 276 g/mol. The summed E-state index contributed by atoms with van der Waals surface area (Å²) in [7, 11) is 1.55. The van der Waals surface area contributed by atoms with Gasteiger partial charge in [0.2, 0.25) is 0 Å². The molecule has 0 spiro atoms. The van der Waals surface area contributed by atoms with Gasteiger partial charge in [-0.05, 0) is 12.3 Å². The van der Waals surface area contributed by atoms with Crippen LogP contribution in [0.5, 0.6) is 0 Å². The van der Waals surface area contributed by atoms with Gasteiger partial charge in [-0.1, -0.05) is 13.8 Å². The van der Waals surface area contributed by atoms with E-state index in [2.05, 4.69) is 0 Å². The van der Waals surface area contributed by atoms with E-state index in [-0.39, 0.29) is 31.6 Å². The first-order valence-corrected chi connectivity index (χ1v) is 7.26. The second kappa shape index (κ2) is 7.61. The van der Waals surface area contributed by atoms with Gasteiger partial charge in [0.15, 0.2) is 0 Å². The number of rotatable bonds is 7. The van der Waals surface area contributed by atoms with Crippen LogP contribution >= 0.6 is 0 Å². The number of carbonyl (C=O) groups is 2. The van der Waals surface area contributed by atoms with E-state index >= 15 is 0 Å². The van der Waals surface area contributed by atoms with Crippen LogP contribution in [0.1, 0.15) is 20.3 Å². The van der Waals surface area contributed by atoms with Crippen LogP contribution in [0.4, 0.5) is 4.79 Å². The maximum Gasteiger partial charge on any atom is 0.320 e. The smallest absolute Gasteiger partial charge is 0.320 e. The average Bonchev–Trinajstić information content (AvgIpc) is 2.89. The van der Waals surface area contributed by atoms with E-state index < -0.39 is 11.4 Å². The molecule has 7 heteroatoms. The SMILES string of the molecule is COCCN(CCO)C(=O)N1CCC(C(=O)O)(C(C)C)C1. The van der Waals surface area contributed by atoms with E-state index in [0.717, 1.165) is 0 Å². The summed E-state index contributed by atoms with van der Waals surface area (Å²) in [6.07, 6.45) is 0.461. The second-order valence-electron chi connectivity index (χ2n) is 5.77. The molecule has 1 aliphatic heterocycles. The number of nitrogens with zero attached hydrogens (tertiary/aromatic N) is 2. The molecule has 2 amide bonds. The largest absolute Gasteiger partial charge is 0.481 e. The Hall–Kier alpha value is -1.34. The third-order valence-electron chi connectivity index (χ3n) is 4.31. The summed E-state index contributed by atoms with van der Waals surface area (Å²) in [5.41, 5.74) is -0.873. The average molecular weight is 302 g/mol. The highest BCUT2D eigenvalue weighted by Crippen LogP contribution is 2.38. The number of aliphatic hydroxyl groups is 1. The number of methoxy groups -OCH3 is 1. The highest BCUT2D eigenvalue weighted by molar-refractivity contribution is 5.80. The number of ether oxygens (including phenoxy) is 1. The normalized spacial score (nSPS) is 21.9. The molecule has 122 valence electrons. The van der Waals surface area contributed by atoms with Crippen LogP contribution in [0.15, 0.2) is 0 Å². The van der Waals surface area contributed by atoms with Gasteiger partial charge in [0.1, 0.15) is 0 Å². The van der Waals surface area contributed by atoms with Crippen LogP contribution in [-0.2, 0) is 9.53 Å². The fraction of sp³-hybridized carbons (Fsp3) is 0.857. The Labute approximate surface area is 125 Å². The molecule has 0 aromatic heterocycles. The number of hydrogen-bond donors (Lipinski definition) is 2. The Morgan fingerprint density at radius 1 is 1.38 bits per heavy atom. The van der Waals surface area contributed by atoms with Crippen molar-refractivity contribution in [1.29, 1.82) is 0 Å². The van der Waals surface area contributed by atoms with Crippen LogP contribution in [-0.4, -0.2) is 78.5 Å². The van der Waals surface area contributed by atoms with E-state index in [4.69, 9.17) is 9.84 Å². The molecule has 7 nitrogen and oxygen atoms in total. The number of urea groups is 1. The molecule has 1 unspecified atom stereocenters. The van der Waals surface area contributed by atoms with E-state index in [9.17, 15) is 14.7 Å². The van der Waals surface area contributed by atoms with Crippen molar-refractivity contribution in [3.8, 4) is 0 Å². The zero-order valence-corrected chi connectivity index (χ0v) is 13.0. The third kappa shape index (κ3) is 3.85. The first-order valence-electron chi connectivity index (χ1n) is 7.26. The van der Waals surface area contributed by atoms with Crippen molar-refractivity contribution < 1.29 is 24.5 Å². The summed E-state index contributed by atoms with van der Waals surface area (Å²) in [6, 6.07) is -0.232. The van der Waals surface area contributed by atoms with E-state index in [1.54, 1.807) is 12.0 Å². The van der Waals surface area contributed by atoms with Crippen molar-refractivity contribution in [2.45, 2.75) is 20.3 Å². The molecule has 1 aliphatic rings. The Morgan fingerprint density at radius 2 is 2.05 bits per heavy atom. The molecule has 0 radical (unpaired) electrons. The van der Waals surface area contributed by atoms with Gasteiger partial charge in [-0.2, -0.15) is 0 Å². The number of aliphatic carboxylic acids is 1. The lowest BCUT2D eigenvalue weighted by Gasteiger charge is -2.31. The van der Waals surface area contributed by atoms with E-state index in [1.807, 2.05) is 13.8 Å². The minimum Gasteiger partial charge on any atom is -0.481 e. The van der Waals surface area contributed by atoms with Crippen molar-refractivity contribution >= 4 is 12.0 Å². The van der Waals surface area contributed by atoms with Gasteiger partial charge < -0.3 is 24.7 Å². The quantitative estimate of drug-likeness (QED) is 0.714. The summed E-state index contributed by atoms with van der Waals surface area (Å²) in [6.45, 7) is 5.25. The number of likely N-dealkylation sites (tertiary alicyclic amines) is 1. The monoisotopic (exact) mass is 302 g/mol. The molecule has 0 bridgehead atoms. The van der Waals surface area contributed by atoms with E-state index in [0.29, 0.717) is 26.1 Å². The van der Waals surface area contributed by atoms with Crippen LogP contribution in [0.2, 0.25) is 0 Å². The predicted octanol–water partition coefficient (Wildman–Crippen LogP) is 0.480. The number of carboxylic acid groups (broad SMARTS) is 1. The minimum absolute atomic E-state index is 0.0435. The zero-order chi connectivity index (χ0) is 16.0. The fourth-order valence-electron chi connectivity index (χ4n) is 2.71. The van der Waals surface area contributed by atoms with Gasteiger partial charge >= 0.3 is 12.0 Å². The second-order valence-corrected chi connectivity index (χ2v) is 5.77.